The van der Waals surface area contributed by atoms with Crippen LogP contribution in [0.25, 0.3) is 21.5 Å². The van der Waals surface area contributed by atoms with E-state index in [1.807, 2.05) is 12.1 Å². The van der Waals surface area contributed by atoms with Crippen molar-refractivity contribution in [3.05, 3.63) is 35.7 Å². The first-order valence-electron chi connectivity index (χ1n) is 7.41. The quantitative estimate of drug-likeness (QED) is 0.500. The second-order valence-electron chi connectivity index (χ2n) is 5.29. The van der Waals surface area contributed by atoms with Crippen LogP contribution in [0, 0.1) is 11.3 Å². The Morgan fingerprint density at radius 1 is 1.36 bits per heavy atom. The van der Waals surface area contributed by atoms with Gasteiger partial charge in [-0.2, -0.15) is 15.5 Å². The molecule has 25 heavy (non-hydrogen) atoms. The minimum Gasteiger partial charge on any atom is -0.381 e. The van der Waals surface area contributed by atoms with E-state index in [0.717, 1.165) is 20.7 Å². The lowest BCUT2D eigenvalue weighted by Crippen LogP contribution is -2.06. The number of anilines is 2. The predicted octanol–water partition coefficient (Wildman–Crippen LogP) is 2.00. The van der Waals surface area contributed by atoms with Gasteiger partial charge in [0, 0.05) is 16.6 Å². The molecule has 0 unspecified atom stereocenters. The van der Waals surface area contributed by atoms with E-state index < -0.39 is 0 Å². The smallest absolute Gasteiger partial charge is 0.169 e. The Bertz CT molecular complexity index is 1040. The van der Waals surface area contributed by atoms with Crippen LogP contribution in [-0.4, -0.2) is 29.9 Å². The Balaban J connectivity index is 1.54. The number of thiophene rings is 1. The molecule has 0 spiro atoms. The summed E-state index contributed by atoms with van der Waals surface area (Å²) in [6, 6.07) is 4.08. The van der Waals surface area contributed by atoms with Crippen LogP contribution >= 0.6 is 11.3 Å². The summed E-state index contributed by atoms with van der Waals surface area (Å²) in [5.74, 6) is 0.845. The van der Waals surface area contributed by atoms with E-state index in [2.05, 4.69) is 30.6 Å². The number of nitrogens with two attached hydrogens (primary N) is 1. The van der Waals surface area contributed by atoms with Crippen LogP contribution in [0.1, 0.15) is 4.88 Å². The number of nitrogen functional groups attached to an aromatic ring is 1. The number of H-pyrrole nitrogens is 1. The third-order valence-corrected chi connectivity index (χ3v) is 4.64. The molecule has 0 bridgehead atoms. The lowest BCUT2D eigenvalue weighted by molar-refractivity contribution is 0.710. The van der Waals surface area contributed by atoms with Crippen LogP contribution in [0.3, 0.4) is 0 Å². The molecule has 0 fully saturated rings. The first kappa shape index (κ1) is 15.1. The zero-order chi connectivity index (χ0) is 17.2. The van der Waals surface area contributed by atoms with Gasteiger partial charge in [-0.05, 0) is 6.07 Å². The molecule has 0 aliphatic heterocycles. The minimum absolute atomic E-state index is 0.188. The Morgan fingerprint density at radius 3 is 3.12 bits per heavy atom. The molecule has 4 rings (SSSR count). The third-order valence-electron chi connectivity index (χ3n) is 3.57. The average Bonchev–Trinajstić information content (AvgIpc) is 3.30. The first-order valence-corrected chi connectivity index (χ1v) is 8.22. The first-order chi connectivity index (χ1) is 12.2. The monoisotopic (exact) mass is 351 g/mol. The molecule has 0 aromatic carbocycles. The number of nitrogens with one attached hydrogen (secondary N) is 2. The topological polar surface area (TPSA) is 134 Å². The summed E-state index contributed by atoms with van der Waals surface area (Å²) >= 11 is 1.65. The summed E-state index contributed by atoms with van der Waals surface area (Å²) in [5, 5.41) is 23.0. The molecule has 10 heteroatoms. The molecule has 0 aliphatic carbocycles. The van der Waals surface area contributed by atoms with Gasteiger partial charge in [0.25, 0.3) is 0 Å². The van der Waals surface area contributed by atoms with Crippen LogP contribution in [0.2, 0.25) is 0 Å². The lowest BCUT2D eigenvalue weighted by atomic mass is 10.3. The Morgan fingerprint density at radius 2 is 2.28 bits per heavy atom. The number of hydrogen-bond acceptors (Lipinski definition) is 8. The van der Waals surface area contributed by atoms with E-state index >= 15 is 0 Å². The molecule has 0 saturated heterocycles. The van der Waals surface area contributed by atoms with Crippen molar-refractivity contribution >= 4 is 33.2 Å². The van der Waals surface area contributed by atoms with Crippen molar-refractivity contribution < 1.29 is 0 Å². The van der Waals surface area contributed by atoms with E-state index in [4.69, 9.17) is 11.0 Å². The molecule has 4 heterocycles. The number of aromatic amines is 1. The number of hydrogen-bond donors (Lipinski definition) is 3. The maximum absolute atomic E-state index is 8.72. The lowest BCUT2D eigenvalue weighted by Gasteiger charge is -2.08. The molecule has 4 aromatic heterocycles. The van der Waals surface area contributed by atoms with Crippen molar-refractivity contribution in [1.29, 1.82) is 5.26 Å². The SMILES string of the molecule is N#CCn1cc(-c2cnc(N)c(NCc3cc4[nH]ncc4s3)n2)cn1. The van der Waals surface area contributed by atoms with Crippen molar-refractivity contribution in [2.45, 2.75) is 13.1 Å². The summed E-state index contributed by atoms with van der Waals surface area (Å²) in [5.41, 5.74) is 8.36. The van der Waals surface area contributed by atoms with Gasteiger partial charge in [0.15, 0.2) is 11.6 Å². The summed E-state index contributed by atoms with van der Waals surface area (Å²) in [6.45, 7) is 0.775. The Labute approximate surface area is 146 Å². The fraction of sp³-hybridized carbons (Fsp3) is 0.133. The highest BCUT2D eigenvalue weighted by Gasteiger charge is 2.10. The molecule has 4 aromatic rings. The molecule has 0 atom stereocenters. The molecule has 0 amide bonds. The zero-order valence-electron chi connectivity index (χ0n) is 13.0. The fourth-order valence-corrected chi connectivity index (χ4v) is 3.31. The highest BCUT2D eigenvalue weighted by atomic mass is 32.1. The van der Waals surface area contributed by atoms with Crippen molar-refractivity contribution in [2.75, 3.05) is 11.1 Å². The highest BCUT2D eigenvalue weighted by Crippen LogP contribution is 2.25. The van der Waals surface area contributed by atoms with E-state index in [9.17, 15) is 0 Å². The van der Waals surface area contributed by atoms with E-state index in [1.165, 1.54) is 0 Å². The van der Waals surface area contributed by atoms with Crippen LogP contribution in [0.4, 0.5) is 11.6 Å². The number of rotatable bonds is 5. The summed E-state index contributed by atoms with van der Waals surface area (Å²) in [7, 11) is 0. The highest BCUT2D eigenvalue weighted by molar-refractivity contribution is 7.19. The Kier molecular flexibility index (Phi) is 3.75. The van der Waals surface area contributed by atoms with Crippen molar-refractivity contribution in [3.8, 4) is 17.3 Å². The average molecular weight is 351 g/mol. The molecular weight excluding hydrogens is 338 g/mol. The molecule has 124 valence electrons. The second-order valence-corrected chi connectivity index (χ2v) is 6.46. The van der Waals surface area contributed by atoms with Crippen molar-refractivity contribution in [3.63, 3.8) is 0 Å². The zero-order valence-corrected chi connectivity index (χ0v) is 13.8. The van der Waals surface area contributed by atoms with Gasteiger partial charge in [-0.1, -0.05) is 0 Å². The standard InChI is InChI=1S/C15H13N9S/c16-1-2-24-8-9(4-21-24)12-6-18-14(17)15(22-12)19-5-10-3-11-13(25-10)7-20-23-11/h3-4,6-8H,2,5H2,(H2,17,18)(H,19,22)(H,20,23). The van der Waals surface area contributed by atoms with Gasteiger partial charge >= 0.3 is 0 Å². The molecule has 0 aliphatic rings. The molecular formula is C15H13N9S. The largest absolute Gasteiger partial charge is 0.381 e. The maximum atomic E-state index is 8.72. The van der Waals surface area contributed by atoms with Crippen molar-refractivity contribution in [2.24, 2.45) is 0 Å². The van der Waals surface area contributed by atoms with Crippen LogP contribution < -0.4 is 11.1 Å². The summed E-state index contributed by atoms with van der Waals surface area (Å²) < 4.78 is 2.65. The fourth-order valence-electron chi connectivity index (χ4n) is 2.38. The number of nitrogens with zero attached hydrogens (tertiary/aromatic N) is 6. The normalized spacial score (nSPS) is 10.8. The second kappa shape index (κ2) is 6.21. The third kappa shape index (κ3) is 3.00. The van der Waals surface area contributed by atoms with Crippen LogP contribution in [0.5, 0.6) is 0 Å². The summed E-state index contributed by atoms with van der Waals surface area (Å²) in [4.78, 5) is 9.85. The molecule has 9 nitrogen and oxygen atoms in total. The number of aromatic nitrogens is 6. The summed E-state index contributed by atoms with van der Waals surface area (Å²) in [6.07, 6.45) is 6.80. The van der Waals surface area contributed by atoms with Crippen molar-refractivity contribution in [1.82, 2.24) is 29.9 Å². The van der Waals surface area contributed by atoms with E-state index in [-0.39, 0.29) is 6.54 Å². The minimum atomic E-state index is 0.188. The molecule has 0 saturated carbocycles. The van der Waals surface area contributed by atoms with E-state index in [1.54, 1.807) is 40.8 Å². The van der Waals surface area contributed by atoms with Crippen LogP contribution in [0.15, 0.2) is 30.9 Å². The molecule has 0 radical (unpaired) electrons. The Hall–Kier alpha value is -3.45. The maximum Gasteiger partial charge on any atom is 0.169 e. The van der Waals surface area contributed by atoms with Gasteiger partial charge in [-0.3, -0.25) is 9.78 Å². The van der Waals surface area contributed by atoms with Gasteiger partial charge in [-0.25, -0.2) is 9.97 Å². The van der Waals surface area contributed by atoms with Gasteiger partial charge in [0.05, 0.1) is 47.1 Å². The van der Waals surface area contributed by atoms with Gasteiger partial charge < -0.3 is 11.1 Å². The van der Waals surface area contributed by atoms with Gasteiger partial charge in [0.1, 0.15) is 6.54 Å². The van der Waals surface area contributed by atoms with Crippen LogP contribution in [-0.2, 0) is 13.1 Å². The predicted molar refractivity (Wildman–Crippen MR) is 94.6 cm³/mol. The van der Waals surface area contributed by atoms with Gasteiger partial charge in [-0.15, -0.1) is 11.3 Å². The number of fused-ring (bicyclic) bond motifs is 1. The van der Waals surface area contributed by atoms with Gasteiger partial charge in [0.2, 0.25) is 0 Å². The number of nitriles is 1. The van der Waals surface area contributed by atoms with E-state index in [0.29, 0.717) is 23.9 Å². The molecule has 4 N–H and O–H groups in total.